The van der Waals surface area contributed by atoms with Crippen LogP contribution in [0.5, 0.6) is 0 Å². The van der Waals surface area contributed by atoms with Gasteiger partial charge >= 0.3 is 0 Å². The van der Waals surface area contributed by atoms with Crippen molar-refractivity contribution in [2.75, 3.05) is 19.6 Å². The molecule has 0 radical (unpaired) electrons. The van der Waals surface area contributed by atoms with Crippen LogP contribution in [0.3, 0.4) is 0 Å². The number of rotatable bonds is 7. The molecule has 1 N–H and O–H groups in total. The first-order valence-electron chi connectivity index (χ1n) is 11.8. The van der Waals surface area contributed by atoms with Gasteiger partial charge in [0.2, 0.25) is 11.8 Å². The molecule has 2 amide bonds. The summed E-state index contributed by atoms with van der Waals surface area (Å²) in [6, 6.07) is 4.91. The number of carbonyl (C=O) groups excluding carboxylic acids is 2. The molecular weight excluding hydrogens is 436 g/mol. The van der Waals surface area contributed by atoms with E-state index in [-0.39, 0.29) is 31.4 Å². The summed E-state index contributed by atoms with van der Waals surface area (Å²) >= 11 is 6.15. The van der Waals surface area contributed by atoms with E-state index < -0.39 is 12.0 Å². The van der Waals surface area contributed by atoms with Crippen LogP contribution in [0.2, 0.25) is 5.02 Å². The number of halogens is 3. The molecule has 32 heavy (non-hydrogen) atoms. The normalized spacial score (nSPS) is 23.7. The molecule has 0 spiro atoms. The van der Waals surface area contributed by atoms with Gasteiger partial charge in [-0.05, 0) is 54.9 Å². The maximum absolute atomic E-state index is 13.2. The Hall–Kier alpha value is -1.73. The number of amides is 2. The lowest BCUT2D eigenvalue weighted by Gasteiger charge is -2.39. The first kappa shape index (κ1) is 23.4. The van der Waals surface area contributed by atoms with Crippen molar-refractivity contribution in [1.29, 1.82) is 0 Å². The standard InChI is InChI=1S/C24H32ClF2N3O2/c25-20-9-8-18(14-29-15-24(26,27)16-29)19(12-20)13-28-23(32)21-7-4-10-30(21)22(31)11-17-5-2-1-3-6-17/h8-9,12,17,21H,1-7,10-11,13-16H2,(H,28,32). The molecule has 2 heterocycles. The van der Waals surface area contributed by atoms with Gasteiger partial charge in [-0.2, -0.15) is 0 Å². The van der Waals surface area contributed by atoms with E-state index >= 15 is 0 Å². The number of nitrogens with one attached hydrogen (secondary N) is 1. The van der Waals surface area contributed by atoms with Gasteiger partial charge in [0.05, 0.1) is 13.1 Å². The molecule has 2 aliphatic heterocycles. The van der Waals surface area contributed by atoms with Gasteiger partial charge in [-0.25, -0.2) is 8.78 Å². The van der Waals surface area contributed by atoms with Crippen molar-refractivity contribution in [2.45, 2.75) is 76.4 Å². The van der Waals surface area contributed by atoms with E-state index in [0.29, 0.717) is 36.9 Å². The SMILES string of the molecule is O=C(NCc1cc(Cl)ccc1CN1CC(F)(F)C1)C1CCCN1C(=O)CC1CCCCC1. The van der Waals surface area contributed by atoms with Gasteiger partial charge in [0.1, 0.15) is 6.04 Å². The Kier molecular flexibility index (Phi) is 7.35. The highest BCUT2D eigenvalue weighted by atomic mass is 35.5. The van der Waals surface area contributed by atoms with Crippen LogP contribution in [-0.4, -0.2) is 53.2 Å². The lowest BCUT2D eigenvalue weighted by molar-refractivity contribution is -0.139. The van der Waals surface area contributed by atoms with Crippen molar-refractivity contribution >= 4 is 23.4 Å². The minimum absolute atomic E-state index is 0.0942. The molecule has 0 aromatic heterocycles. The summed E-state index contributed by atoms with van der Waals surface area (Å²) in [6.45, 7) is 0.797. The highest BCUT2D eigenvalue weighted by Gasteiger charge is 2.43. The first-order valence-corrected chi connectivity index (χ1v) is 12.1. The zero-order valence-electron chi connectivity index (χ0n) is 18.4. The van der Waals surface area contributed by atoms with Crippen LogP contribution in [0, 0.1) is 5.92 Å². The molecule has 8 heteroatoms. The summed E-state index contributed by atoms with van der Waals surface area (Å²) in [5.41, 5.74) is 1.70. The second kappa shape index (κ2) is 10.0. The Balaban J connectivity index is 1.33. The van der Waals surface area contributed by atoms with Crippen molar-refractivity contribution in [2.24, 2.45) is 5.92 Å². The smallest absolute Gasteiger partial charge is 0.272 e. The van der Waals surface area contributed by atoms with Crippen molar-refractivity contribution in [3.63, 3.8) is 0 Å². The Bertz CT molecular complexity index is 837. The van der Waals surface area contributed by atoms with Gasteiger partial charge in [0, 0.05) is 31.1 Å². The van der Waals surface area contributed by atoms with Crippen molar-refractivity contribution in [3.05, 3.63) is 34.3 Å². The zero-order valence-corrected chi connectivity index (χ0v) is 19.2. The second-order valence-electron chi connectivity index (χ2n) is 9.59. The molecule has 1 atom stereocenters. The van der Waals surface area contributed by atoms with Crippen LogP contribution in [0.1, 0.15) is 62.5 Å². The average molecular weight is 468 g/mol. The lowest BCUT2D eigenvalue weighted by atomic mass is 9.86. The number of hydrogen-bond donors (Lipinski definition) is 1. The van der Waals surface area contributed by atoms with E-state index in [1.54, 1.807) is 21.9 Å². The summed E-state index contributed by atoms with van der Waals surface area (Å²) in [6.07, 6.45) is 7.91. The summed E-state index contributed by atoms with van der Waals surface area (Å²) in [5.74, 6) is -2.22. The van der Waals surface area contributed by atoms with Crippen LogP contribution in [0.4, 0.5) is 8.78 Å². The Morgan fingerprint density at radius 1 is 1.06 bits per heavy atom. The van der Waals surface area contributed by atoms with Crippen molar-refractivity contribution < 1.29 is 18.4 Å². The number of benzene rings is 1. The van der Waals surface area contributed by atoms with Gasteiger partial charge in [0.25, 0.3) is 5.92 Å². The van der Waals surface area contributed by atoms with Gasteiger partial charge in [-0.1, -0.05) is 36.9 Å². The molecule has 0 bridgehead atoms. The van der Waals surface area contributed by atoms with Gasteiger partial charge in [-0.15, -0.1) is 0 Å². The summed E-state index contributed by atoms with van der Waals surface area (Å²) in [5, 5.41) is 3.50. The van der Waals surface area contributed by atoms with Crippen molar-refractivity contribution in [1.82, 2.24) is 15.1 Å². The predicted molar refractivity (Wildman–Crippen MR) is 119 cm³/mol. The second-order valence-corrected chi connectivity index (χ2v) is 10.0. The topological polar surface area (TPSA) is 52.7 Å². The number of nitrogens with zero attached hydrogens (tertiary/aromatic N) is 2. The van der Waals surface area contributed by atoms with Gasteiger partial charge in [0.15, 0.2) is 0 Å². The first-order chi connectivity index (χ1) is 15.3. The van der Waals surface area contributed by atoms with Crippen LogP contribution in [0.15, 0.2) is 18.2 Å². The van der Waals surface area contributed by atoms with Crippen molar-refractivity contribution in [3.8, 4) is 0 Å². The van der Waals surface area contributed by atoms with E-state index in [2.05, 4.69) is 5.32 Å². The molecule has 3 fully saturated rings. The molecule has 2 saturated heterocycles. The van der Waals surface area contributed by atoms with Crippen LogP contribution in [0.25, 0.3) is 0 Å². The fourth-order valence-corrected chi connectivity index (χ4v) is 5.46. The van der Waals surface area contributed by atoms with Crippen LogP contribution in [-0.2, 0) is 22.7 Å². The summed E-state index contributed by atoms with van der Waals surface area (Å²) < 4.78 is 26.4. The number of likely N-dealkylation sites (tertiary alicyclic amines) is 2. The molecule has 3 aliphatic rings. The van der Waals surface area contributed by atoms with Gasteiger partial charge < -0.3 is 10.2 Å². The van der Waals surface area contributed by atoms with Gasteiger partial charge in [-0.3, -0.25) is 14.5 Å². The fraction of sp³-hybridized carbons (Fsp3) is 0.667. The molecule has 5 nitrogen and oxygen atoms in total. The molecule has 1 aromatic carbocycles. The highest BCUT2D eigenvalue weighted by molar-refractivity contribution is 6.30. The van der Waals surface area contributed by atoms with Crippen LogP contribution >= 0.6 is 11.6 Å². The maximum atomic E-state index is 13.2. The fourth-order valence-electron chi connectivity index (χ4n) is 5.27. The number of hydrogen-bond acceptors (Lipinski definition) is 3. The number of alkyl halides is 2. The number of carbonyl (C=O) groups is 2. The van der Waals surface area contributed by atoms with E-state index in [9.17, 15) is 18.4 Å². The summed E-state index contributed by atoms with van der Waals surface area (Å²) in [4.78, 5) is 29.3. The third kappa shape index (κ3) is 5.79. The molecule has 4 rings (SSSR count). The van der Waals surface area contributed by atoms with Crippen LogP contribution < -0.4 is 5.32 Å². The third-order valence-corrected chi connectivity index (χ3v) is 7.22. The lowest BCUT2D eigenvalue weighted by Crippen LogP contribution is -2.55. The molecule has 1 unspecified atom stereocenters. The third-order valence-electron chi connectivity index (χ3n) is 6.99. The maximum Gasteiger partial charge on any atom is 0.272 e. The Morgan fingerprint density at radius 2 is 1.81 bits per heavy atom. The predicted octanol–water partition coefficient (Wildman–Crippen LogP) is 4.37. The zero-order chi connectivity index (χ0) is 22.7. The molecule has 1 aromatic rings. The van der Waals surface area contributed by atoms with E-state index in [1.165, 1.54) is 19.3 Å². The largest absolute Gasteiger partial charge is 0.350 e. The molecule has 176 valence electrons. The van der Waals surface area contributed by atoms with E-state index in [1.807, 2.05) is 6.07 Å². The Labute approximate surface area is 193 Å². The summed E-state index contributed by atoms with van der Waals surface area (Å²) in [7, 11) is 0. The van der Waals surface area contributed by atoms with E-state index in [4.69, 9.17) is 11.6 Å². The Morgan fingerprint density at radius 3 is 2.53 bits per heavy atom. The molecule has 1 saturated carbocycles. The molecule has 1 aliphatic carbocycles. The highest BCUT2D eigenvalue weighted by Crippen LogP contribution is 2.30. The average Bonchev–Trinajstić information content (AvgIpc) is 3.23. The molecular formula is C24H32ClF2N3O2. The monoisotopic (exact) mass is 467 g/mol. The quantitative estimate of drug-likeness (QED) is 0.648. The minimum atomic E-state index is -2.61. The van der Waals surface area contributed by atoms with E-state index in [0.717, 1.165) is 30.4 Å². The minimum Gasteiger partial charge on any atom is -0.350 e.